The minimum Gasteiger partial charge on any atom is -0.496 e. The summed E-state index contributed by atoms with van der Waals surface area (Å²) < 4.78 is 17.8. The summed E-state index contributed by atoms with van der Waals surface area (Å²) in [4.78, 5) is 25.4. The number of rotatable bonds is 6. The number of aryl methyl sites for hydroxylation is 1. The lowest BCUT2D eigenvalue weighted by atomic mass is 9.98. The lowest BCUT2D eigenvalue weighted by molar-refractivity contribution is -0.129. The van der Waals surface area contributed by atoms with Crippen LogP contribution in [-0.4, -0.2) is 54.3 Å². The van der Waals surface area contributed by atoms with Gasteiger partial charge in [0, 0.05) is 33.2 Å². The highest BCUT2D eigenvalue weighted by Crippen LogP contribution is 2.30. The molecule has 1 saturated heterocycles. The molecule has 33 heavy (non-hydrogen) atoms. The minimum absolute atomic E-state index is 0.289. The summed E-state index contributed by atoms with van der Waals surface area (Å²) in [5.74, 6) is -0.269. The highest BCUT2D eigenvalue weighted by Gasteiger charge is 2.28. The van der Waals surface area contributed by atoms with Gasteiger partial charge in [-0.2, -0.15) is 5.26 Å². The molecule has 1 fully saturated rings. The standard InChI is InChI=1S/C24H26N4O5/c1-27-19-11-15(6-7-20(19)33-24(27)30)16-4-5-17(21(12-16)31-2)10-18(13-25)28-8-3-9-32-22(14-28)23(26)29/h4-7,11-12,18,22H,3,8-10,14H2,1-2H3,(H2,26,29)/t18-,22?/m0/s1. The molecule has 0 saturated carbocycles. The minimum atomic E-state index is -0.721. The normalized spacial score (nSPS) is 17.9. The van der Waals surface area contributed by atoms with E-state index in [1.807, 2.05) is 35.2 Å². The molecule has 9 heteroatoms. The predicted octanol–water partition coefficient (Wildman–Crippen LogP) is 1.82. The van der Waals surface area contributed by atoms with Gasteiger partial charge < -0.3 is 19.6 Å². The molecule has 1 unspecified atom stereocenters. The van der Waals surface area contributed by atoms with Gasteiger partial charge in [-0.25, -0.2) is 4.79 Å². The molecule has 1 amide bonds. The number of oxazole rings is 1. The van der Waals surface area contributed by atoms with E-state index in [2.05, 4.69) is 6.07 Å². The van der Waals surface area contributed by atoms with Gasteiger partial charge in [0.2, 0.25) is 5.91 Å². The predicted molar refractivity (Wildman–Crippen MR) is 122 cm³/mol. The number of primary amides is 1. The third-order valence-electron chi connectivity index (χ3n) is 6.04. The molecule has 0 aliphatic carbocycles. The second-order valence-corrected chi connectivity index (χ2v) is 8.10. The van der Waals surface area contributed by atoms with Crippen LogP contribution < -0.4 is 16.2 Å². The Kier molecular flexibility index (Phi) is 6.49. The summed E-state index contributed by atoms with van der Waals surface area (Å²) >= 11 is 0. The first-order valence-electron chi connectivity index (χ1n) is 10.7. The number of carbonyl (C=O) groups is 1. The Labute approximate surface area is 190 Å². The SMILES string of the molecule is COc1cc(-c2ccc3oc(=O)n(C)c3c2)ccc1C[C@@H](C#N)N1CCCOC(C(N)=O)C1. The molecule has 0 bridgehead atoms. The highest BCUT2D eigenvalue weighted by molar-refractivity contribution is 5.81. The van der Waals surface area contributed by atoms with Gasteiger partial charge in [0.15, 0.2) is 5.58 Å². The fourth-order valence-corrected chi connectivity index (χ4v) is 4.17. The Hall–Kier alpha value is -3.61. The zero-order chi connectivity index (χ0) is 23.5. The van der Waals surface area contributed by atoms with Crippen molar-refractivity contribution in [1.29, 1.82) is 5.26 Å². The molecule has 1 aliphatic heterocycles. The maximum Gasteiger partial charge on any atom is 0.419 e. The number of aromatic nitrogens is 1. The molecule has 3 aromatic rings. The molecule has 4 rings (SSSR count). The molecule has 0 radical (unpaired) electrons. The molecule has 1 aromatic heterocycles. The number of amides is 1. The second kappa shape index (κ2) is 9.48. The molecule has 2 heterocycles. The second-order valence-electron chi connectivity index (χ2n) is 8.10. The van der Waals surface area contributed by atoms with E-state index in [4.69, 9.17) is 19.6 Å². The van der Waals surface area contributed by atoms with Crippen molar-refractivity contribution >= 4 is 17.0 Å². The van der Waals surface area contributed by atoms with E-state index in [-0.39, 0.29) is 6.54 Å². The number of benzene rings is 2. The van der Waals surface area contributed by atoms with E-state index in [0.29, 0.717) is 36.4 Å². The third kappa shape index (κ3) is 4.62. The molecular weight excluding hydrogens is 424 g/mol. The number of nitriles is 1. The molecule has 172 valence electrons. The smallest absolute Gasteiger partial charge is 0.419 e. The van der Waals surface area contributed by atoms with E-state index in [0.717, 1.165) is 23.1 Å². The summed E-state index contributed by atoms with van der Waals surface area (Å²) in [6.45, 7) is 1.37. The van der Waals surface area contributed by atoms with Crippen molar-refractivity contribution in [3.63, 3.8) is 0 Å². The van der Waals surface area contributed by atoms with Crippen LogP contribution in [0.15, 0.2) is 45.6 Å². The van der Waals surface area contributed by atoms with E-state index in [1.165, 1.54) is 4.57 Å². The van der Waals surface area contributed by atoms with E-state index in [1.54, 1.807) is 20.2 Å². The zero-order valence-corrected chi connectivity index (χ0v) is 18.6. The molecule has 2 aromatic carbocycles. The van der Waals surface area contributed by atoms with Crippen LogP contribution in [-0.2, 0) is 23.0 Å². The van der Waals surface area contributed by atoms with Gasteiger partial charge in [0.1, 0.15) is 17.9 Å². The molecule has 9 nitrogen and oxygen atoms in total. The Morgan fingerprint density at radius 1 is 1.30 bits per heavy atom. The molecular formula is C24H26N4O5. The average Bonchev–Trinajstić information content (AvgIpc) is 2.98. The van der Waals surface area contributed by atoms with Crippen molar-refractivity contribution in [3.8, 4) is 22.9 Å². The number of nitrogens with zero attached hydrogens (tertiary/aromatic N) is 3. The first-order valence-corrected chi connectivity index (χ1v) is 10.7. The number of nitrogens with two attached hydrogens (primary N) is 1. The fourth-order valence-electron chi connectivity index (χ4n) is 4.17. The fraction of sp³-hybridized carbons (Fsp3) is 0.375. The van der Waals surface area contributed by atoms with Gasteiger partial charge in [-0.15, -0.1) is 0 Å². The number of carbonyl (C=O) groups excluding carboxylic acids is 1. The number of hydrogen-bond donors (Lipinski definition) is 1. The van der Waals surface area contributed by atoms with Gasteiger partial charge in [-0.1, -0.05) is 18.2 Å². The molecule has 0 spiro atoms. The van der Waals surface area contributed by atoms with Gasteiger partial charge in [-0.3, -0.25) is 14.3 Å². The molecule has 2 atom stereocenters. The number of hydrogen-bond acceptors (Lipinski definition) is 7. The Morgan fingerprint density at radius 2 is 2.06 bits per heavy atom. The first-order chi connectivity index (χ1) is 15.9. The van der Waals surface area contributed by atoms with Crippen LogP contribution in [0, 0.1) is 11.3 Å². The van der Waals surface area contributed by atoms with E-state index >= 15 is 0 Å². The number of methoxy groups -OCH3 is 1. The lowest BCUT2D eigenvalue weighted by Crippen LogP contribution is -2.44. The van der Waals surface area contributed by atoms with E-state index in [9.17, 15) is 14.9 Å². The lowest BCUT2D eigenvalue weighted by Gasteiger charge is -2.27. The largest absolute Gasteiger partial charge is 0.496 e. The Balaban J connectivity index is 1.60. The van der Waals surface area contributed by atoms with Crippen LogP contribution in [0.25, 0.3) is 22.2 Å². The van der Waals surface area contributed by atoms with Gasteiger partial charge >= 0.3 is 5.76 Å². The maximum atomic E-state index is 11.8. The van der Waals surface area contributed by atoms with Gasteiger partial charge in [-0.05, 0) is 41.3 Å². The van der Waals surface area contributed by atoms with Gasteiger partial charge in [0.05, 0.1) is 18.7 Å². The first kappa shape index (κ1) is 22.6. The van der Waals surface area contributed by atoms with Crippen LogP contribution in [0.4, 0.5) is 0 Å². The summed E-state index contributed by atoms with van der Waals surface area (Å²) in [5, 5.41) is 9.85. The van der Waals surface area contributed by atoms with Crippen LogP contribution in [0.1, 0.15) is 12.0 Å². The van der Waals surface area contributed by atoms with Crippen LogP contribution in [0.5, 0.6) is 5.75 Å². The van der Waals surface area contributed by atoms with Crippen LogP contribution in [0.3, 0.4) is 0 Å². The summed E-state index contributed by atoms with van der Waals surface area (Å²) in [6, 6.07) is 13.3. The van der Waals surface area contributed by atoms with Crippen LogP contribution >= 0.6 is 0 Å². The van der Waals surface area contributed by atoms with E-state index < -0.39 is 23.8 Å². The monoisotopic (exact) mass is 450 g/mol. The van der Waals surface area contributed by atoms with Crippen molar-refractivity contribution < 1.29 is 18.7 Å². The third-order valence-corrected chi connectivity index (χ3v) is 6.04. The summed E-state index contributed by atoms with van der Waals surface area (Å²) in [5.41, 5.74) is 9.38. The number of fused-ring (bicyclic) bond motifs is 1. The Morgan fingerprint density at radius 3 is 2.79 bits per heavy atom. The summed E-state index contributed by atoms with van der Waals surface area (Å²) in [6.07, 6.45) is 0.430. The Bertz CT molecular complexity index is 1270. The quantitative estimate of drug-likeness (QED) is 0.607. The zero-order valence-electron chi connectivity index (χ0n) is 18.6. The average molecular weight is 450 g/mol. The topological polar surface area (TPSA) is 124 Å². The van der Waals surface area contributed by atoms with Crippen molar-refractivity contribution in [1.82, 2.24) is 9.47 Å². The molecule has 2 N–H and O–H groups in total. The van der Waals surface area contributed by atoms with Crippen molar-refractivity contribution in [3.05, 3.63) is 52.5 Å². The summed E-state index contributed by atoms with van der Waals surface area (Å²) in [7, 11) is 3.26. The van der Waals surface area contributed by atoms with Crippen molar-refractivity contribution in [2.45, 2.75) is 25.0 Å². The maximum absolute atomic E-state index is 11.8. The van der Waals surface area contributed by atoms with Crippen LogP contribution in [0.2, 0.25) is 0 Å². The number of ether oxygens (including phenoxy) is 2. The molecule has 1 aliphatic rings. The van der Waals surface area contributed by atoms with Crippen molar-refractivity contribution in [2.24, 2.45) is 12.8 Å². The highest BCUT2D eigenvalue weighted by atomic mass is 16.5. The van der Waals surface area contributed by atoms with Crippen molar-refractivity contribution in [2.75, 3.05) is 26.8 Å². The van der Waals surface area contributed by atoms with Gasteiger partial charge in [0.25, 0.3) is 0 Å².